The number of aromatic nitrogens is 1. The van der Waals surface area contributed by atoms with Crippen molar-refractivity contribution in [3.63, 3.8) is 0 Å². The lowest BCUT2D eigenvalue weighted by molar-refractivity contribution is 1.45. The van der Waals surface area contributed by atoms with Crippen LogP contribution in [0.15, 0.2) is 53.4 Å². The normalized spacial score (nSPS) is 10.9. The molecule has 0 bridgehead atoms. The quantitative estimate of drug-likeness (QED) is 0.415. The summed E-state index contributed by atoms with van der Waals surface area (Å²) in [5.74, 6) is 0. The molecule has 0 saturated carbocycles. The molecule has 0 fully saturated rings. The van der Waals surface area contributed by atoms with Crippen LogP contribution >= 0.6 is 24.0 Å². The van der Waals surface area contributed by atoms with Gasteiger partial charge in [-0.25, -0.2) is 4.98 Å². The Hall–Kier alpha value is -1.65. The number of para-hydroxylation sites is 2. The second-order valence-corrected chi connectivity index (χ2v) is 5.65. The lowest BCUT2D eigenvalue weighted by atomic mass is 10.1. The van der Waals surface area contributed by atoms with Crippen LogP contribution in [-0.2, 0) is 0 Å². The second-order valence-electron chi connectivity index (χ2n) is 3.90. The number of hydrogen-bond donors (Lipinski definition) is 1. The van der Waals surface area contributed by atoms with Gasteiger partial charge < -0.3 is 5.73 Å². The molecular formula is C14H10N2S2. The van der Waals surface area contributed by atoms with Crippen LogP contribution in [0.5, 0.6) is 0 Å². The van der Waals surface area contributed by atoms with Crippen molar-refractivity contribution in [2.45, 2.75) is 4.90 Å². The minimum absolute atomic E-state index is 0.427. The average molecular weight is 270 g/mol. The van der Waals surface area contributed by atoms with Crippen molar-refractivity contribution in [1.82, 2.24) is 4.98 Å². The van der Waals surface area contributed by atoms with Crippen LogP contribution in [0.2, 0.25) is 0 Å². The molecule has 1 aromatic heterocycles. The summed E-state index contributed by atoms with van der Waals surface area (Å²) in [5.41, 5.74) is 7.62. The highest BCUT2D eigenvalue weighted by Crippen LogP contribution is 2.33. The van der Waals surface area contributed by atoms with Crippen molar-refractivity contribution in [2.75, 3.05) is 0 Å². The van der Waals surface area contributed by atoms with Crippen molar-refractivity contribution in [3.05, 3.63) is 48.5 Å². The molecule has 4 heteroatoms. The number of nitrogens with zero attached hydrogens (tertiary/aromatic N) is 1. The number of rotatable bonds is 1. The molecule has 0 saturated heterocycles. The van der Waals surface area contributed by atoms with E-state index < -0.39 is 0 Å². The van der Waals surface area contributed by atoms with Gasteiger partial charge in [-0.3, -0.25) is 0 Å². The fourth-order valence-corrected chi connectivity index (χ4v) is 3.03. The van der Waals surface area contributed by atoms with Gasteiger partial charge in [0.05, 0.1) is 11.0 Å². The van der Waals surface area contributed by atoms with Crippen molar-refractivity contribution in [2.24, 2.45) is 5.73 Å². The van der Waals surface area contributed by atoms with E-state index >= 15 is 0 Å². The van der Waals surface area contributed by atoms with Gasteiger partial charge in [-0.1, -0.05) is 60.4 Å². The van der Waals surface area contributed by atoms with E-state index in [1.165, 1.54) is 11.8 Å². The highest BCUT2D eigenvalue weighted by molar-refractivity contribution is 8.23. The predicted octanol–water partition coefficient (Wildman–Crippen LogP) is 3.72. The van der Waals surface area contributed by atoms with Gasteiger partial charge in [0.1, 0.15) is 4.32 Å². The summed E-state index contributed by atoms with van der Waals surface area (Å²) in [4.78, 5) is 5.73. The molecule has 0 aliphatic heterocycles. The number of thioether (sulfide) groups is 1. The van der Waals surface area contributed by atoms with Crippen LogP contribution in [0.3, 0.4) is 0 Å². The molecule has 1 heterocycles. The van der Waals surface area contributed by atoms with Gasteiger partial charge in [0.15, 0.2) is 0 Å². The first-order valence-corrected chi connectivity index (χ1v) is 6.73. The molecule has 0 atom stereocenters. The Morgan fingerprint density at radius 3 is 1.94 bits per heavy atom. The summed E-state index contributed by atoms with van der Waals surface area (Å²) in [6.07, 6.45) is 0. The van der Waals surface area contributed by atoms with Crippen molar-refractivity contribution < 1.29 is 0 Å². The van der Waals surface area contributed by atoms with E-state index in [0.29, 0.717) is 4.32 Å². The minimum atomic E-state index is 0.427. The molecule has 0 amide bonds. The fourth-order valence-electron chi connectivity index (χ4n) is 2.01. The summed E-state index contributed by atoms with van der Waals surface area (Å²) in [6.45, 7) is 0. The third-order valence-corrected chi connectivity index (χ3v) is 3.84. The van der Waals surface area contributed by atoms with E-state index in [1.807, 2.05) is 36.4 Å². The number of pyridine rings is 1. The van der Waals surface area contributed by atoms with Crippen LogP contribution in [0.4, 0.5) is 0 Å². The SMILES string of the molecule is NC(=S)Sc1c2ccccc2nc2ccccc12. The standard InChI is InChI=1S/C14H10N2S2/c15-14(17)18-13-9-5-1-3-7-11(9)16-12-8-4-2-6-10(12)13/h1-8H,(H2,15,17). The van der Waals surface area contributed by atoms with Crippen molar-refractivity contribution >= 4 is 50.1 Å². The van der Waals surface area contributed by atoms with E-state index in [2.05, 4.69) is 17.1 Å². The van der Waals surface area contributed by atoms with E-state index in [-0.39, 0.29) is 0 Å². The predicted molar refractivity (Wildman–Crippen MR) is 81.9 cm³/mol. The highest BCUT2D eigenvalue weighted by Gasteiger charge is 2.09. The Balaban J connectivity index is 2.45. The first kappa shape index (κ1) is 11.4. The number of nitrogens with two attached hydrogens (primary N) is 1. The Labute approximate surface area is 114 Å². The molecule has 2 aromatic carbocycles. The van der Waals surface area contributed by atoms with Gasteiger partial charge >= 0.3 is 0 Å². The van der Waals surface area contributed by atoms with E-state index in [1.54, 1.807) is 0 Å². The smallest absolute Gasteiger partial charge is 0.136 e. The highest BCUT2D eigenvalue weighted by atomic mass is 32.2. The molecule has 0 spiro atoms. The van der Waals surface area contributed by atoms with Gasteiger partial charge in [0.2, 0.25) is 0 Å². The summed E-state index contributed by atoms with van der Waals surface area (Å²) in [6, 6.07) is 16.1. The summed E-state index contributed by atoms with van der Waals surface area (Å²) >= 11 is 6.45. The fraction of sp³-hybridized carbons (Fsp3) is 0. The first-order chi connectivity index (χ1) is 8.75. The maximum atomic E-state index is 5.68. The molecule has 2 nitrogen and oxygen atoms in total. The van der Waals surface area contributed by atoms with Crippen molar-refractivity contribution in [3.8, 4) is 0 Å². The molecule has 2 N–H and O–H groups in total. The van der Waals surface area contributed by atoms with E-state index in [9.17, 15) is 0 Å². The molecule has 3 aromatic rings. The average Bonchev–Trinajstić information content (AvgIpc) is 2.38. The van der Waals surface area contributed by atoms with Crippen molar-refractivity contribution in [1.29, 1.82) is 0 Å². The molecule has 3 rings (SSSR count). The Morgan fingerprint density at radius 2 is 1.44 bits per heavy atom. The lowest BCUT2D eigenvalue weighted by Gasteiger charge is -2.09. The molecule has 18 heavy (non-hydrogen) atoms. The van der Waals surface area contributed by atoms with Gasteiger partial charge in [-0.05, 0) is 12.1 Å². The van der Waals surface area contributed by atoms with E-state index in [4.69, 9.17) is 18.0 Å². The maximum absolute atomic E-state index is 5.68. The third-order valence-electron chi connectivity index (χ3n) is 2.74. The number of fused-ring (bicyclic) bond motifs is 2. The molecule has 0 radical (unpaired) electrons. The Morgan fingerprint density at radius 1 is 0.944 bits per heavy atom. The number of hydrogen-bond acceptors (Lipinski definition) is 3. The third kappa shape index (κ3) is 1.94. The summed E-state index contributed by atoms with van der Waals surface area (Å²) in [7, 11) is 0. The topological polar surface area (TPSA) is 38.9 Å². The zero-order valence-electron chi connectivity index (χ0n) is 9.46. The zero-order chi connectivity index (χ0) is 12.5. The van der Waals surface area contributed by atoms with E-state index in [0.717, 1.165) is 26.7 Å². The lowest BCUT2D eigenvalue weighted by Crippen LogP contribution is -2.01. The van der Waals surface area contributed by atoms with Crippen LogP contribution in [0.1, 0.15) is 0 Å². The van der Waals surface area contributed by atoms with Gasteiger partial charge in [-0.15, -0.1) is 0 Å². The second kappa shape index (κ2) is 4.55. The summed E-state index contributed by atoms with van der Waals surface area (Å²) < 4.78 is 0.427. The Bertz CT molecular complexity index is 699. The zero-order valence-corrected chi connectivity index (χ0v) is 11.1. The number of benzene rings is 2. The minimum Gasteiger partial charge on any atom is -0.384 e. The van der Waals surface area contributed by atoms with Crippen LogP contribution < -0.4 is 5.73 Å². The number of thiocarbonyl (C=S) groups is 1. The summed E-state index contributed by atoms with van der Waals surface area (Å²) in [5, 5.41) is 2.18. The largest absolute Gasteiger partial charge is 0.384 e. The molecule has 88 valence electrons. The molecule has 0 aliphatic carbocycles. The van der Waals surface area contributed by atoms with Gasteiger partial charge in [0.25, 0.3) is 0 Å². The molecule has 0 aliphatic rings. The Kier molecular flexibility index (Phi) is 2.89. The molecular weight excluding hydrogens is 260 g/mol. The van der Waals surface area contributed by atoms with Crippen LogP contribution in [0, 0.1) is 0 Å². The van der Waals surface area contributed by atoms with Crippen LogP contribution in [-0.4, -0.2) is 9.30 Å². The first-order valence-electron chi connectivity index (χ1n) is 5.50. The molecule has 0 unspecified atom stereocenters. The maximum Gasteiger partial charge on any atom is 0.136 e. The monoisotopic (exact) mass is 270 g/mol. The van der Waals surface area contributed by atoms with Crippen LogP contribution in [0.25, 0.3) is 21.8 Å². The van der Waals surface area contributed by atoms with Gasteiger partial charge in [-0.2, -0.15) is 0 Å². The van der Waals surface area contributed by atoms with Gasteiger partial charge in [0, 0.05) is 15.7 Å².